The third-order valence-electron chi connectivity index (χ3n) is 2.61. The van der Waals surface area contributed by atoms with E-state index in [4.69, 9.17) is 14.2 Å². The van der Waals surface area contributed by atoms with Crippen molar-refractivity contribution in [1.29, 1.82) is 0 Å². The molecule has 1 aromatic carbocycles. The van der Waals surface area contributed by atoms with Crippen molar-refractivity contribution in [1.82, 2.24) is 0 Å². The summed E-state index contributed by atoms with van der Waals surface area (Å²) in [7, 11) is 0. The largest absolute Gasteiger partial charge is 0.490 e. The van der Waals surface area contributed by atoms with Gasteiger partial charge in [-0.1, -0.05) is 13.3 Å². The van der Waals surface area contributed by atoms with Gasteiger partial charge in [-0.05, 0) is 39.3 Å². The summed E-state index contributed by atoms with van der Waals surface area (Å²) in [5.41, 5.74) is -0.0393. The van der Waals surface area contributed by atoms with E-state index in [-0.39, 0.29) is 5.97 Å². The number of carbonyl (C=O) groups is 1. The van der Waals surface area contributed by atoms with Crippen LogP contribution in [0.4, 0.5) is 0 Å². The molecule has 1 heterocycles. The molecule has 0 saturated heterocycles. The van der Waals surface area contributed by atoms with Crippen LogP contribution in [-0.4, -0.2) is 18.2 Å². The average Bonchev–Trinajstić information content (AvgIpc) is 3.06. The highest BCUT2D eigenvalue weighted by Crippen LogP contribution is 2.55. The van der Waals surface area contributed by atoms with Crippen molar-refractivity contribution in [3.05, 3.63) is 17.7 Å². The summed E-state index contributed by atoms with van der Waals surface area (Å²) in [6.45, 7) is 8.29. The molecule has 0 saturated carbocycles. The Morgan fingerprint density at radius 3 is 2.63 bits per heavy atom. The molecule has 0 atom stereocenters. The van der Waals surface area contributed by atoms with Crippen molar-refractivity contribution in [2.24, 2.45) is 0 Å². The summed E-state index contributed by atoms with van der Waals surface area (Å²) in [6, 6.07) is 3.46. The van der Waals surface area contributed by atoms with Gasteiger partial charge in [0.15, 0.2) is 11.5 Å². The molecular formula is C15H20O4. The Balaban J connectivity index is 2.05. The van der Waals surface area contributed by atoms with E-state index in [9.17, 15) is 4.79 Å². The van der Waals surface area contributed by atoms with E-state index in [1.54, 1.807) is 12.1 Å². The average molecular weight is 264 g/mol. The summed E-state index contributed by atoms with van der Waals surface area (Å²) in [5.74, 6) is 1.60. The summed E-state index contributed by atoms with van der Waals surface area (Å²) >= 11 is 0. The van der Waals surface area contributed by atoms with Gasteiger partial charge in [0.25, 0.3) is 0 Å². The van der Waals surface area contributed by atoms with Crippen molar-refractivity contribution >= 4 is 5.97 Å². The lowest BCUT2D eigenvalue weighted by molar-refractivity contribution is 0.00694. The monoisotopic (exact) mass is 264 g/mol. The van der Waals surface area contributed by atoms with Crippen LogP contribution in [0.3, 0.4) is 0 Å². The van der Waals surface area contributed by atoms with Crippen LogP contribution in [0.15, 0.2) is 12.1 Å². The van der Waals surface area contributed by atoms with Crippen molar-refractivity contribution in [2.45, 2.75) is 46.1 Å². The van der Waals surface area contributed by atoms with Gasteiger partial charge in [-0.2, -0.15) is 0 Å². The first-order valence-corrected chi connectivity index (χ1v) is 6.63. The molecule has 1 aliphatic rings. The molecule has 0 fully saturated rings. The van der Waals surface area contributed by atoms with Gasteiger partial charge in [0.1, 0.15) is 11.2 Å². The molecule has 104 valence electrons. The lowest BCUT2D eigenvalue weighted by Gasteiger charge is -2.19. The van der Waals surface area contributed by atoms with Gasteiger partial charge < -0.3 is 14.2 Å². The van der Waals surface area contributed by atoms with Crippen molar-refractivity contribution in [3.63, 3.8) is 0 Å². The van der Waals surface area contributed by atoms with Crippen molar-refractivity contribution in [2.75, 3.05) is 6.61 Å². The Labute approximate surface area is 113 Å². The van der Waals surface area contributed by atoms with Crippen molar-refractivity contribution in [3.8, 4) is 17.2 Å². The van der Waals surface area contributed by atoms with Gasteiger partial charge in [0, 0.05) is 0 Å². The first kappa shape index (κ1) is 13.7. The van der Waals surface area contributed by atoms with Gasteiger partial charge in [-0.3, -0.25) is 0 Å². The smallest absolute Gasteiger partial charge is 0.342 e. The van der Waals surface area contributed by atoms with Crippen LogP contribution in [-0.2, 0) is 4.74 Å². The molecule has 1 aliphatic heterocycles. The van der Waals surface area contributed by atoms with E-state index in [0.717, 1.165) is 12.8 Å². The topological polar surface area (TPSA) is 48.1 Å². The van der Waals surface area contributed by atoms with E-state index < -0.39 is 5.60 Å². The molecule has 0 N–H and O–H groups in total. The number of hydrogen-bond acceptors (Lipinski definition) is 4. The molecule has 4 nitrogen and oxygen atoms in total. The van der Waals surface area contributed by atoms with Crippen LogP contribution in [0.1, 0.15) is 50.9 Å². The lowest BCUT2D eigenvalue weighted by Crippen LogP contribution is -2.23. The molecular weight excluding hydrogens is 244 g/mol. The predicted molar refractivity (Wildman–Crippen MR) is 72.1 cm³/mol. The molecule has 0 unspecified atom stereocenters. The number of esters is 1. The van der Waals surface area contributed by atoms with E-state index in [2.05, 4.69) is 6.92 Å². The number of benzene rings is 1. The predicted octanol–water partition coefficient (Wildman–Crippen LogP) is 3.93. The first-order valence-electron chi connectivity index (χ1n) is 6.63. The Kier molecular flexibility index (Phi) is 3.69. The van der Waals surface area contributed by atoms with Gasteiger partial charge in [0.2, 0.25) is 5.75 Å². The van der Waals surface area contributed by atoms with Crippen LogP contribution in [0.5, 0.6) is 17.2 Å². The quantitative estimate of drug-likeness (QED) is 0.466. The molecule has 0 aromatic heterocycles. The fourth-order valence-electron chi connectivity index (χ4n) is 1.66. The number of rotatable bonds is 5. The SMILES string of the molecule is CCCCOc1ccc(C(=O)OC(C)(C)C)c2c1O2. The number of ether oxygens (including phenoxy) is 3. The fourth-order valence-corrected chi connectivity index (χ4v) is 1.66. The second-order valence-corrected chi connectivity index (χ2v) is 5.58. The van der Waals surface area contributed by atoms with Crippen LogP contribution in [0.2, 0.25) is 0 Å². The summed E-state index contributed by atoms with van der Waals surface area (Å²) in [4.78, 5) is 11.9. The Morgan fingerprint density at radius 2 is 2.00 bits per heavy atom. The van der Waals surface area contributed by atoms with Crippen LogP contribution < -0.4 is 9.47 Å². The summed E-state index contributed by atoms with van der Waals surface area (Å²) < 4.78 is 16.2. The molecule has 0 radical (unpaired) electrons. The van der Waals surface area contributed by atoms with E-state index >= 15 is 0 Å². The molecule has 1 aromatic rings. The number of unbranched alkanes of at least 4 members (excludes halogenated alkanes) is 1. The van der Waals surface area contributed by atoms with E-state index in [1.165, 1.54) is 0 Å². The number of carbonyl (C=O) groups excluding carboxylic acids is 1. The summed E-state index contributed by atoms with van der Waals surface area (Å²) in [6.07, 6.45) is 2.08. The Bertz CT molecular complexity index is 486. The summed E-state index contributed by atoms with van der Waals surface area (Å²) in [5, 5.41) is 0. The van der Waals surface area contributed by atoms with Gasteiger partial charge in [0.05, 0.1) is 6.61 Å². The minimum absolute atomic E-state index is 0.360. The zero-order valence-corrected chi connectivity index (χ0v) is 11.9. The third kappa shape index (κ3) is 3.40. The highest BCUT2D eigenvalue weighted by Gasteiger charge is 2.34. The maximum atomic E-state index is 11.9. The minimum Gasteiger partial charge on any atom is -0.490 e. The van der Waals surface area contributed by atoms with Crippen LogP contribution in [0.25, 0.3) is 0 Å². The molecule has 4 heteroatoms. The zero-order chi connectivity index (χ0) is 14.0. The molecule has 0 spiro atoms. The first-order chi connectivity index (χ1) is 8.92. The second-order valence-electron chi connectivity index (χ2n) is 5.58. The Hall–Kier alpha value is -1.71. The lowest BCUT2D eigenvalue weighted by atomic mass is 10.1. The highest BCUT2D eigenvalue weighted by molar-refractivity contribution is 5.97. The van der Waals surface area contributed by atoms with Gasteiger partial charge in [-0.15, -0.1) is 0 Å². The molecule has 19 heavy (non-hydrogen) atoms. The van der Waals surface area contributed by atoms with E-state index in [0.29, 0.717) is 29.4 Å². The van der Waals surface area contributed by atoms with E-state index in [1.807, 2.05) is 20.8 Å². The second kappa shape index (κ2) is 5.11. The molecule has 2 rings (SSSR count). The standard InChI is InChI=1S/C15H20O4/c1-5-6-9-17-11-8-7-10(12-13(11)18-12)14(16)19-15(2,3)4/h7-8H,5-6,9H2,1-4H3. The maximum Gasteiger partial charge on any atom is 0.342 e. The number of fused-ring (bicyclic) bond motifs is 1. The number of hydrogen-bond donors (Lipinski definition) is 0. The Morgan fingerprint density at radius 1 is 1.26 bits per heavy atom. The fraction of sp³-hybridized carbons (Fsp3) is 0.533. The van der Waals surface area contributed by atoms with Crippen LogP contribution >= 0.6 is 0 Å². The van der Waals surface area contributed by atoms with Crippen molar-refractivity contribution < 1.29 is 19.0 Å². The zero-order valence-electron chi connectivity index (χ0n) is 11.9. The van der Waals surface area contributed by atoms with Crippen LogP contribution in [0, 0.1) is 0 Å². The van der Waals surface area contributed by atoms with Gasteiger partial charge in [-0.25, -0.2) is 4.79 Å². The maximum absolute atomic E-state index is 11.9. The molecule has 0 aliphatic carbocycles. The molecule has 0 amide bonds. The highest BCUT2D eigenvalue weighted by atomic mass is 16.6. The third-order valence-corrected chi connectivity index (χ3v) is 2.61. The minimum atomic E-state index is -0.505. The molecule has 0 bridgehead atoms. The van der Waals surface area contributed by atoms with Gasteiger partial charge >= 0.3 is 5.97 Å². The normalized spacial score (nSPS) is 12.4.